The lowest BCUT2D eigenvalue weighted by Crippen LogP contribution is -2.32. The van der Waals surface area contributed by atoms with Crippen LogP contribution in [0.15, 0.2) is 24.3 Å². The Labute approximate surface area is 123 Å². The number of nitrogens with zero attached hydrogens (tertiary/aromatic N) is 1. The lowest BCUT2D eigenvalue weighted by Gasteiger charge is -2.28. The Morgan fingerprint density at radius 3 is 2.25 bits per heavy atom. The summed E-state index contributed by atoms with van der Waals surface area (Å²) in [7, 11) is 3.48. The van der Waals surface area contributed by atoms with Crippen molar-refractivity contribution in [1.82, 2.24) is 5.32 Å². The van der Waals surface area contributed by atoms with Gasteiger partial charge < -0.3 is 19.7 Å². The van der Waals surface area contributed by atoms with E-state index in [0.29, 0.717) is 19.3 Å². The molecular formula is C16H28N2O2. The fraction of sp³-hybridized carbons (Fsp3) is 0.625. The smallest absolute Gasteiger partial charge is 0.0637 e. The summed E-state index contributed by atoms with van der Waals surface area (Å²) < 4.78 is 10.4. The van der Waals surface area contributed by atoms with E-state index in [1.54, 1.807) is 14.2 Å². The lowest BCUT2D eigenvalue weighted by atomic mass is 10.0. The minimum Gasteiger partial charge on any atom is -0.383 e. The average molecular weight is 280 g/mol. The summed E-state index contributed by atoms with van der Waals surface area (Å²) in [5, 5.41) is 3.48. The summed E-state index contributed by atoms with van der Waals surface area (Å²) in [6, 6.07) is 8.88. The summed E-state index contributed by atoms with van der Waals surface area (Å²) in [6.07, 6.45) is 0. The van der Waals surface area contributed by atoms with Crippen molar-refractivity contribution in [3.63, 3.8) is 0 Å². The minimum atomic E-state index is 0.337. The molecular weight excluding hydrogens is 252 g/mol. The van der Waals surface area contributed by atoms with Crippen LogP contribution < -0.4 is 10.2 Å². The van der Waals surface area contributed by atoms with E-state index in [4.69, 9.17) is 9.47 Å². The first-order valence-corrected chi connectivity index (χ1v) is 7.29. The van der Waals surface area contributed by atoms with E-state index >= 15 is 0 Å². The highest BCUT2D eigenvalue weighted by molar-refractivity contribution is 5.55. The van der Waals surface area contributed by atoms with Crippen LogP contribution in [0.25, 0.3) is 0 Å². The topological polar surface area (TPSA) is 33.7 Å². The first-order valence-electron chi connectivity index (χ1n) is 7.29. The van der Waals surface area contributed by atoms with Crippen molar-refractivity contribution in [2.75, 3.05) is 52.0 Å². The molecule has 1 rings (SSSR count). The third kappa shape index (κ3) is 5.12. The second-order valence-corrected chi connectivity index (χ2v) is 4.81. The number of nitrogens with one attached hydrogen (secondary N) is 1. The molecule has 1 unspecified atom stereocenters. The molecule has 114 valence electrons. The van der Waals surface area contributed by atoms with Gasteiger partial charge in [0.1, 0.15) is 0 Å². The van der Waals surface area contributed by atoms with E-state index < -0.39 is 0 Å². The molecule has 0 aliphatic heterocycles. The number of ether oxygens (including phenoxy) is 2. The SMILES string of the molecule is CCNC(C)c1ccccc1N(CCOC)CCOC. The van der Waals surface area contributed by atoms with Crippen LogP contribution in [-0.4, -0.2) is 47.1 Å². The summed E-state index contributed by atoms with van der Waals surface area (Å²) >= 11 is 0. The van der Waals surface area contributed by atoms with Crippen LogP contribution in [0.5, 0.6) is 0 Å². The molecule has 0 spiro atoms. The van der Waals surface area contributed by atoms with Crippen molar-refractivity contribution >= 4 is 5.69 Å². The largest absolute Gasteiger partial charge is 0.383 e. The van der Waals surface area contributed by atoms with Gasteiger partial charge in [-0.2, -0.15) is 0 Å². The molecule has 0 heterocycles. The van der Waals surface area contributed by atoms with Crippen molar-refractivity contribution in [2.45, 2.75) is 19.9 Å². The van der Waals surface area contributed by atoms with Gasteiger partial charge in [-0.25, -0.2) is 0 Å². The molecule has 0 aliphatic rings. The van der Waals surface area contributed by atoms with Crippen molar-refractivity contribution in [3.8, 4) is 0 Å². The molecule has 0 saturated carbocycles. The zero-order valence-corrected chi connectivity index (χ0v) is 13.2. The van der Waals surface area contributed by atoms with E-state index in [1.807, 2.05) is 0 Å². The standard InChI is InChI=1S/C16H28N2O2/c1-5-17-14(2)15-8-6-7-9-16(15)18(10-12-19-3)11-13-20-4/h6-9,14,17H,5,10-13H2,1-4H3. The van der Waals surface area contributed by atoms with E-state index in [-0.39, 0.29) is 0 Å². The minimum absolute atomic E-state index is 0.337. The fourth-order valence-electron chi connectivity index (χ4n) is 2.31. The number of benzene rings is 1. The first kappa shape index (κ1) is 17.0. The van der Waals surface area contributed by atoms with Crippen LogP contribution in [-0.2, 0) is 9.47 Å². The predicted molar refractivity (Wildman–Crippen MR) is 84.5 cm³/mol. The molecule has 4 nitrogen and oxygen atoms in total. The predicted octanol–water partition coefficient (Wildman–Crippen LogP) is 2.46. The van der Waals surface area contributed by atoms with Gasteiger partial charge in [0.25, 0.3) is 0 Å². The highest BCUT2D eigenvalue weighted by Crippen LogP contribution is 2.26. The third-order valence-electron chi connectivity index (χ3n) is 3.38. The van der Waals surface area contributed by atoms with Gasteiger partial charge >= 0.3 is 0 Å². The van der Waals surface area contributed by atoms with Crippen molar-refractivity contribution in [1.29, 1.82) is 0 Å². The molecule has 1 aromatic rings. The number of rotatable bonds is 10. The number of hydrogen-bond donors (Lipinski definition) is 1. The Morgan fingerprint density at radius 2 is 1.70 bits per heavy atom. The summed E-state index contributed by atoms with van der Waals surface area (Å²) in [4.78, 5) is 2.33. The van der Waals surface area contributed by atoms with E-state index in [2.05, 4.69) is 48.3 Å². The van der Waals surface area contributed by atoms with Crippen LogP contribution in [0.4, 0.5) is 5.69 Å². The van der Waals surface area contributed by atoms with Crippen molar-refractivity contribution < 1.29 is 9.47 Å². The highest BCUT2D eigenvalue weighted by atomic mass is 16.5. The maximum Gasteiger partial charge on any atom is 0.0637 e. The van der Waals surface area contributed by atoms with Crippen molar-refractivity contribution in [3.05, 3.63) is 29.8 Å². The first-order chi connectivity index (χ1) is 9.74. The van der Waals surface area contributed by atoms with Gasteiger partial charge in [-0.05, 0) is 25.1 Å². The summed E-state index contributed by atoms with van der Waals surface area (Å²) in [5.41, 5.74) is 2.58. The van der Waals surface area contributed by atoms with Gasteiger partial charge in [0.05, 0.1) is 13.2 Å². The monoisotopic (exact) mass is 280 g/mol. The zero-order valence-electron chi connectivity index (χ0n) is 13.2. The third-order valence-corrected chi connectivity index (χ3v) is 3.38. The van der Waals surface area contributed by atoms with Crippen LogP contribution >= 0.6 is 0 Å². The van der Waals surface area contributed by atoms with Crippen LogP contribution in [0, 0.1) is 0 Å². The van der Waals surface area contributed by atoms with Gasteiger partial charge in [0, 0.05) is 39.0 Å². The Morgan fingerprint density at radius 1 is 1.10 bits per heavy atom. The second-order valence-electron chi connectivity index (χ2n) is 4.81. The molecule has 0 aliphatic carbocycles. The second kappa shape index (κ2) is 9.75. The van der Waals surface area contributed by atoms with E-state index in [0.717, 1.165) is 19.6 Å². The molecule has 0 saturated heterocycles. The molecule has 0 radical (unpaired) electrons. The van der Waals surface area contributed by atoms with Gasteiger partial charge in [-0.1, -0.05) is 25.1 Å². The highest BCUT2D eigenvalue weighted by Gasteiger charge is 2.14. The van der Waals surface area contributed by atoms with E-state index in [1.165, 1.54) is 11.3 Å². The van der Waals surface area contributed by atoms with Gasteiger partial charge in [-0.15, -0.1) is 0 Å². The number of hydrogen-bond acceptors (Lipinski definition) is 4. The Hall–Kier alpha value is -1.10. The average Bonchev–Trinajstić information content (AvgIpc) is 2.48. The summed E-state index contributed by atoms with van der Waals surface area (Å²) in [5.74, 6) is 0. The molecule has 1 N–H and O–H groups in total. The normalized spacial score (nSPS) is 12.4. The van der Waals surface area contributed by atoms with E-state index in [9.17, 15) is 0 Å². The number of methoxy groups -OCH3 is 2. The molecule has 0 amide bonds. The van der Waals surface area contributed by atoms with Crippen LogP contribution in [0.2, 0.25) is 0 Å². The molecule has 20 heavy (non-hydrogen) atoms. The van der Waals surface area contributed by atoms with Crippen molar-refractivity contribution in [2.24, 2.45) is 0 Å². The van der Waals surface area contributed by atoms with Gasteiger partial charge in [-0.3, -0.25) is 0 Å². The Kier molecular flexibility index (Phi) is 8.26. The molecule has 0 bridgehead atoms. The summed E-state index contributed by atoms with van der Waals surface area (Å²) in [6.45, 7) is 8.47. The molecule has 4 heteroatoms. The maximum absolute atomic E-state index is 5.22. The van der Waals surface area contributed by atoms with Gasteiger partial charge in [0.15, 0.2) is 0 Å². The maximum atomic E-state index is 5.22. The molecule has 1 atom stereocenters. The molecule has 0 fully saturated rings. The van der Waals surface area contributed by atoms with Gasteiger partial charge in [0.2, 0.25) is 0 Å². The quantitative estimate of drug-likeness (QED) is 0.714. The fourth-order valence-corrected chi connectivity index (χ4v) is 2.31. The molecule has 0 aromatic heterocycles. The Bertz CT molecular complexity index is 363. The lowest BCUT2D eigenvalue weighted by molar-refractivity contribution is 0.190. The number of anilines is 1. The van der Waals surface area contributed by atoms with Crippen LogP contribution in [0.1, 0.15) is 25.5 Å². The Balaban J connectivity index is 2.92. The zero-order chi connectivity index (χ0) is 14.8. The number of para-hydroxylation sites is 1. The van der Waals surface area contributed by atoms with Crippen LogP contribution in [0.3, 0.4) is 0 Å². The molecule has 1 aromatic carbocycles.